The zero-order valence-electron chi connectivity index (χ0n) is 10.6. The molecule has 1 heterocycles. The van der Waals surface area contributed by atoms with E-state index in [-0.39, 0.29) is 18.7 Å². The van der Waals surface area contributed by atoms with Crippen molar-refractivity contribution in [1.29, 1.82) is 0 Å². The van der Waals surface area contributed by atoms with Crippen molar-refractivity contribution in [2.45, 2.75) is 12.8 Å². The summed E-state index contributed by atoms with van der Waals surface area (Å²) >= 11 is 13.0. The number of aromatic nitrogens is 1. The van der Waals surface area contributed by atoms with Gasteiger partial charge in [0.05, 0.1) is 29.2 Å². The van der Waals surface area contributed by atoms with Crippen molar-refractivity contribution in [2.75, 3.05) is 5.32 Å². The number of carbonyl (C=O) groups excluding carboxylic acids is 1. The number of benzene rings is 1. The van der Waals surface area contributed by atoms with Crippen LogP contribution >= 0.6 is 34.5 Å². The minimum atomic E-state index is -0.954. The molecule has 8 heteroatoms. The van der Waals surface area contributed by atoms with Gasteiger partial charge in [0.25, 0.3) is 0 Å². The number of nitrogens with one attached hydrogen (secondary N) is 1. The number of aliphatic carboxylic acids is 1. The van der Waals surface area contributed by atoms with Crippen LogP contribution in [0.15, 0.2) is 23.6 Å². The summed E-state index contributed by atoms with van der Waals surface area (Å²) in [6, 6.07) is 4.77. The molecule has 0 radical (unpaired) electrons. The van der Waals surface area contributed by atoms with Crippen LogP contribution in [0.25, 0.3) is 0 Å². The molecule has 110 valence electrons. The first-order chi connectivity index (χ1) is 9.94. The highest BCUT2D eigenvalue weighted by Gasteiger charge is 2.11. The number of hydrogen-bond acceptors (Lipinski definition) is 4. The molecule has 2 aromatic rings. The number of anilines is 1. The van der Waals surface area contributed by atoms with Crippen molar-refractivity contribution < 1.29 is 14.7 Å². The van der Waals surface area contributed by atoms with Gasteiger partial charge in [-0.05, 0) is 18.2 Å². The van der Waals surface area contributed by atoms with Crippen molar-refractivity contribution in [2.24, 2.45) is 0 Å². The fourth-order valence-corrected chi connectivity index (χ4v) is 2.84. The second kappa shape index (κ2) is 6.89. The number of carboxylic acid groups (broad SMARTS) is 1. The molecule has 0 aliphatic heterocycles. The molecule has 0 aliphatic carbocycles. The highest BCUT2D eigenvalue weighted by Crippen LogP contribution is 2.25. The Hall–Kier alpha value is -1.63. The number of carboxylic acids is 1. The van der Waals surface area contributed by atoms with Crippen LogP contribution in [-0.4, -0.2) is 22.0 Å². The fourth-order valence-electron chi connectivity index (χ4n) is 1.59. The zero-order chi connectivity index (χ0) is 15.4. The molecule has 0 saturated heterocycles. The van der Waals surface area contributed by atoms with Crippen molar-refractivity contribution in [3.63, 3.8) is 0 Å². The predicted molar refractivity (Wildman–Crippen MR) is 82.2 cm³/mol. The molecule has 1 aromatic heterocycles. The van der Waals surface area contributed by atoms with Crippen LogP contribution in [0.3, 0.4) is 0 Å². The van der Waals surface area contributed by atoms with Gasteiger partial charge in [-0.1, -0.05) is 23.2 Å². The summed E-state index contributed by atoms with van der Waals surface area (Å²) in [5, 5.41) is 14.3. The van der Waals surface area contributed by atoms with Gasteiger partial charge >= 0.3 is 5.97 Å². The molecule has 1 amide bonds. The van der Waals surface area contributed by atoms with E-state index in [4.69, 9.17) is 28.3 Å². The van der Waals surface area contributed by atoms with Crippen LogP contribution in [0.1, 0.15) is 10.7 Å². The number of carbonyl (C=O) groups is 2. The van der Waals surface area contributed by atoms with Crippen molar-refractivity contribution >= 4 is 52.1 Å². The monoisotopic (exact) mass is 344 g/mol. The van der Waals surface area contributed by atoms with Crippen molar-refractivity contribution in [3.8, 4) is 0 Å². The van der Waals surface area contributed by atoms with Gasteiger partial charge in [0.15, 0.2) is 0 Å². The smallest absolute Gasteiger partial charge is 0.309 e. The van der Waals surface area contributed by atoms with Gasteiger partial charge < -0.3 is 10.4 Å². The van der Waals surface area contributed by atoms with E-state index in [9.17, 15) is 9.59 Å². The molecule has 1 aromatic carbocycles. The Balaban J connectivity index is 1.98. The standard InChI is InChI=1S/C13H10Cl2N2O3S/c14-7-1-2-10(9(15)3-7)17-11(18)5-12-16-8(6-21-12)4-13(19)20/h1-3,6H,4-5H2,(H,17,18)(H,19,20). The molecule has 0 atom stereocenters. The van der Waals surface area contributed by atoms with Crippen LogP contribution < -0.4 is 5.32 Å². The normalized spacial score (nSPS) is 10.4. The number of nitrogens with zero attached hydrogens (tertiary/aromatic N) is 1. The largest absolute Gasteiger partial charge is 0.481 e. The minimum Gasteiger partial charge on any atom is -0.481 e. The lowest BCUT2D eigenvalue weighted by atomic mass is 10.3. The van der Waals surface area contributed by atoms with Crippen LogP contribution in [0.5, 0.6) is 0 Å². The molecule has 0 spiro atoms. The van der Waals surface area contributed by atoms with E-state index in [1.807, 2.05) is 0 Å². The minimum absolute atomic E-state index is 0.0588. The number of amides is 1. The van der Waals surface area contributed by atoms with Crippen LogP contribution in [0.2, 0.25) is 10.0 Å². The van der Waals surface area contributed by atoms with Crippen LogP contribution in [0, 0.1) is 0 Å². The number of thiazole rings is 1. The molecular weight excluding hydrogens is 335 g/mol. The van der Waals surface area contributed by atoms with Gasteiger partial charge in [0.1, 0.15) is 5.01 Å². The van der Waals surface area contributed by atoms with E-state index < -0.39 is 5.97 Å². The van der Waals surface area contributed by atoms with E-state index in [0.717, 1.165) is 0 Å². The molecule has 0 aliphatic rings. The molecular formula is C13H10Cl2N2O3S. The van der Waals surface area contributed by atoms with E-state index in [1.165, 1.54) is 17.4 Å². The quantitative estimate of drug-likeness (QED) is 0.872. The molecule has 0 unspecified atom stereocenters. The van der Waals surface area contributed by atoms with Gasteiger partial charge in [-0.15, -0.1) is 11.3 Å². The Kier molecular flexibility index (Phi) is 5.17. The second-order valence-corrected chi connectivity index (χ2v) is 5.94. The Morgan fingerprint density at radius 1 is 1.29 bits per heavy atom. The zero-order valence-corrected chi connectivity index (χ0v) is 12.9. The Bertz CT molecular complexity index is 688. The fraction of sp³-hybridized carbons (Fsp3) is 0.154. The van der Waals surface area contributed by atoms with E-state index >= 15 is 0 Å². The Morgan fingerprint density at radius 2 is 2.05 bits per heavy atom. The first-order valence-electron chi connectivity index (χ1n) is 5.84. The molecule has 5 nitrogen and oxygen atoms in total. The van der Waals surface area contributed by atoms with E-state index in [2.05, 4.69) is 10.3 Å². The highest BCUT2D eigenvalue weighted by atomic mass is 35.5. The number of halogens is 2. The Labute approximate surface area is 134 Å². The molecule has 2 N–H and O–H groups in total. The SMILES string of the molecule is O=C(O)Cc1csc(CC(=O)Nc2ccc(Cl)cc2Cl)n1. The predicted octanol–water partition coefficient (Wildman–Crippen LogP) is 3.26. The van der Waals surface area contributed by atoms with Gasteiger partial charge in [-0.2, -0.15) is 0 Å². The molecule has 0 saturated carbocycles. The maximum Gasteiger partial charge on any atom is 0.309 e. The second-order valence-electron chi connectivity index (χ2n) is 4.15. The van der Waals surface area contributed by atoms with Crippen molar-refractivity contribution in [1.82, 2.24) is 4.98 Å². The first kappa shape index (κ1) is 15.8. The molecule has 2 rings (SSSR count). The van der Waals surface area contributed by atoms with E-state index in [0.29, 0.717) is 26.4 Å². The third-order valence-corrected chi connectivity index (χ3v) is 3.89. The van der Waals surface area contributed by atoms with Gasteiger partial charge in [0.2, 0.25) is 5.91 Å². The van der Waals surface area contributed by atoms with E-state index in [1.54, 1.807) is 17.5 Å². The van der Waals surface area contributed by atoms with Gasteiger partial charge in [-0.25, -0.2) is 4.98 Å². The Morgan fingerprint density at radius 3 is 2.71 bits per heavy atom. The van der Waals surface area contributed by atoms with Gasteiger partial charge in [-0.3, -0.25) is 9.59 Å². The summed E-state index contributed by atoms with van der Waals surface area (Å²) in [6.07, 6.45) is -0.0929. The highest BCUT2D eigenvalue weighted by molar-refractivity contribution is 7.09. The topological polar surface area (TPSA) is 79.3 Å². The maximum absolute atomic E-state index is 11.9. The summed E-state index contributed by atoms with van der Waals surface area (Å²) in [5.41, 5.74) is 0.910. The molecule has 0 fully saturated rings. The lowest BCUT2D eigenvalue weighted by Crippen LogP contribution is -2.14. The summed E-state index contributed by atoms with van der Waals surface area (Å²) in [6.45, 7) is 0. The lowest BCUT2D eigenvalue weighted by Gasteiger charge is -2.06. The van der Waals surface area contributed by atoms with Crippen LogP contribution in [-0.2, 0) is 22.4 Å². The third-order valence-electron chi connectivity index (χ3n) is 2.45. The summed E-state index contributed by atoms with van der Waals surface area (Å²) in [7, 11) is 0. The summed E-state index contributed by atoms with van der Waals surface area (Å²) in [4.78, 5) is 26.6. The average molecular weight is 345 g/mol. The summed E-state index contributed by atoms with van der Waals surface area (Å²) < 4.78 is 0. The van der Waals surface area contributed by atoms with Crippen molar-refractivity contribution in [3.05, 3.63) is 44.3 Å². The van der Waals surface area contributed by atoms with Gasteiger partial charge in [0, 0.05) is 10.4 Å². The summed E-state index contributed by atoms with van der Waals surface area (Å²) in [5.74, 6) is -1.24. The lowest BCUT2D eigenvalue weighted by molar-refractivity contribution is -0.136. The maximum atomic E-state index is 11.9. The first-order valence-corrected chi connectivity index (χ1v) is 7.47. The molecule has 21 heavy (non-hydrogen) atoms. The average Bonchev–Trinajstić information content (AvgIpc) is 2.79. The van der Waals surface area contributed by atoms with Crippen LogP contribution in [0.4, 0.5) is 5.69 Å². The number of hydrogen-bond donors (Lipinski definition) is 2. The number of rotatable bonds is 5. The molecule has 0 bridgehead atoms. The third kappa shape index (κ3) is 4.70.